The van der Waals surface area contributed by atoms with Gasteiger partial charge >= 0.3 is 6.18 Å². The van der Waals surface area contributed by atoms with Crippen LogP contribution in [0.3, 0.4) is 0 Å². The molecule has 6 aromatic rings. The van der Waals surface area contributed by atoms with Crippen molar-refractivity contribution >= 4 is 34.2 Å². The van der Waals surface area contributed by atoms with E-state index in [2.05, 4.69) is 5.10 Å². The zero-order valence-electron chi connectivity index (χ0n) is 22.2. The molecule has 0 spiro atoms. The molecule has 210 valence electrons. The highest BCUT2D eigenvalue weighted by Crippen LogP contribution is 2.42. The maximum absolute atomic E-state index is 14.7. The molecule has 0 saturated carbocycles. The number of pyridine rings is 1. The average molecular weight is 604 g/mol. The maximum Gasteiger partial charge on any atom is 0.417 e. The van der Waals surface area contributed by atoms with E-state index in [0.717, 1.165) is 17.2 Å². The third kappa shape index (κ3) is 5.58. The molecule has 0 fully saturated rings. The molecule has 0 N–H and O–H groups in total. The van der Waals surface area contributed by atoms with Crippen molar-refractivity contribution in [1.82, 2.24) is 14.8 Å². The van der Waals surface area contributed by atoms with Gasteiger partial charge in [0.15, 0.2) is 5.65 Å². The highest BCUT2D eigenvalue weighted by Gasteiger charge is 2.36. The lowest BCUT2D eigenvalue weighted by Gasteiger charge is -2.13. The lowest BCUT2D eigenvalue weighted by molar-refractivity contribution is -0.136. The number of alkyl halides is 3. The van der Waals surface area contributed by atoms with E-state index in [1.54, 1.807) is 66.7 Å². The normalized spacial score (nSPS) is 11.7. The standard InChI is InChI=1S/C33H22Cl2F3N3O/c1-20-9-11-22(12-10-20)31-30-27(33(36,37)38)18-29(39-32(30)41(40-31)25-7-4-6-24(34)17-25)21-13-15-26(16-14-21)42-19-23-5-2-3-8-28(23)35/h2-18H,19H2,1H3. The number of aromatic nitrogens is 3. The largest absolute Gasteiger partial charge is 0.489 e. The van der Waals surface area contributed by atoms with Crippen molar-refractivity contribution in [2.24, 2.45) is 0 Å². The third-order valence-corrected chi connectivity index (χ3v) is 7.43. The molecule has 4 aromatic carbocycles. The van der Waals surface area contributed by atoms with E-state index in [4.69, 9.17) is 32.9 Å². The van der Waals surface area contributed by atoms with Crippen LogP contribution in [0.2, 0.25) is 10.0 Å². The summed E-state index contributed by atoms with van der Waals surface area (Å²) in [5, 5.41) is 5.57. The highest BCUT2D eigenvalue weighted by molar-refractivity contribution is 6.31. The molecule has 4 nitrogen and oxygen atoms in total. The first kappa shape index (κ1) is 27.8. The minimum absolute atomic E-state index is 0.0664. The number of ether oxygens (including phenoxy) is 1. The third-order valence-electron chi connectivity index (χ3n) is 6.82. The Morgan fingerprint density at radius 3 is 2.21 bits per heavy atom. The molecule has 0 aliphatic heterocycles. The molecule has 42 heavy (non-hydrogen) atoms. The minimum atomic E-state index is -4.67. The molecule has 6 rings (SSSR count). The predicted octanol–water partition coefficient (Wildman–Crippen LogP) is 9.97. The van der Waals surface area contributed by atoms with Crippen molar-refractivity contribution < 1.29 is 17.9 Å². The first-order valence-corrected chi connectivity index (χ1v) is 13.7. The number of hydrogen-bond acceptors (Lipinski definition) is 3. The lowest BCUT2D eigenvalue weighted by Crippen LogP contribution is -2.08. The van der Waals surface area contributed by atoms with E-state index in [1.807, 2.05) is 37.3 Å². The van der Waals surface area contributed by atoms with E-state index in [0.29, 0.717) is 32.6 Å². The topological polar surface area (TPSA) is 39.9 Å². The molecule has 0 amide bonds. The number of nitrogens with zero attached hydrogens (tertiary/aromatic N) is 3. The molecule has 0 atom stereocenters. The summed E-state index contributed by atoms with van der Waals surface area (Å²) in [5.41, 5.74) is 2.89. The van der Waals surface area contributed by atoms with Crippen LogP contribution < -0.4 is 4.74 Å². The van der Waals surface area contributed by atoms with Crippen molar-refractivity contribution in [1.29, 1.82) is 0 Å². The summed E-state index contributed by atoms with van der Waals surface area (Å²) >= 11 is 12.5. The number of aryl methyl sites for hydroxylation is 1. The second kappa shape index (κ2) is 11.2. The second-order valence-electron chi connectivity index (χ2n) is 9.76. The van der Waals surface area contributed by atoms with E-state index in [-0.39, 0.29) is 29.0 Å². The van der Waals surface area contributed by atoms with Gasteiger partial charge in [0.2, 0.25) is 0 Å². The molecule has 2 heterocycles. The molecule has 0 unspecified atom stereocenters. The van der Waals surface area contributed by atoms with Gasteiger partial charge < -0.3 is 4.74 Å². The van der Waals surface area contributed by atoms with Crippen molar-refractivity contribution in [3.8, 4) is 34.0 Å². The molecule has 2 aromatic heterocycles. The summed E-state index contributed by atoms with van der Waals surface area (Å²) in [6.45, 7) is 2.16. The van der Waals surface area contributed by atoms with Gasteiger partial charge in [-0.15, -0.1) is 0 Å². The number of halogens is 5. The van der Waals surface area contributed by atoms with Gasteiger partial charge in [-0.25, -0.2) is 9.67 Å². The van der Waals surface area contributed by atoms with Crippen LogP contribution >= 0.6 is 23.2 Å². The number of benzene rings is 4. The Kier molecular flexibility index (Phi) is 7.39. The first-order chi connectivity index (χ1) is 20.2. The average Bonchev–Trinajstić information content (AvgIpc) is 3.36. The van der Waals surface area contributed by atoms with Crippen LogP contribution in [-0.4, -0.2) is 14.8 Å². The smallest absolute Gasteiger partial charge is 0.417 e. The van der Waals surface area contributed by atoms with Crippen molar-refractivity contribution in [2.75, 3.05) is 0 Å². The van der Waals surface area contributed by atoms with Crippen LogP contribution in [0.25, 0.3) is 39.2 Å². The summed E-state index contributed by atoms with van der Waals surface area (Å²) < 4.78 is 51.3. The Hall–Kier alpha value is -4.33. The monoisotopic (exact) mass is 603 g/mol. The zero-order chi connectivity index (χ0) is 29.4. The number of hydrogen-bond donors (Lipinski definition) is 0. The minimum Gasteiger partial charge on any atom is -0.489 e. The molecule has 0 bridgehead atoms. The molecular weight excluding hydrogens is 582 g/mol. The summed E-state index contributed by atoms with van der Waals surface area (Å²) in [6.07, 6.45) is -4.67. The van der Waals surface area contributed by atoms with Crippen molar-refractivity contribution in [3.05, 3.63) is 130 Å². The van der Waals surface area contributed by atoms with Gasteiger partial charge in [-0.3, -0.25) is 0 Å². The van der Waals surface area contributed by atoms with E-state index >= 15 is 0 Å². The van der Waals surface area contributed by atoms with Gasteiger partial charge in [0.05, 0.1) is 22.3 Å². The number of rotatable bonds is 6. The van der Waals surface area contributed by atoms with Crippen LogP contribution in [0.1, 0.15) is 16.7 Å². The molecule has 0 radical (unpaired) electrons. The van der Waals surface area contributed by atoms with E-state index in [9.17, 15) is 13.2 Å². The highest BCUT2D eigenvalue weighted by atomic mass is 35.5. The van der Waals surface area contributed by atoms with Crippen LogP contribution in [0.5, 0.6) is 5.75 Å². The fraction of sp³-hybridized carbons (Fsp3) is 0.0909. The summed E-state index contributed by atoms with van der Waals surface area (Å²) in [7, 11) is 0. The van der Waals surface area contributed by atoms with Gasteiger partial charge in [-0.1, -0.05) is 77.3 Å². The Morgan fingerprint density at radius 2 is 1.52 bits per heavy atom. The SMILES string of the molecule is Cc1ccc(-c2nn(-c3cccc(Cl)c3)c3nc(-c4ccc(OCc5ccccc5Cl)cc4)cc(C(F)(F)F)c23)cc1. The second-order valence-corrected chi connectivity index (χ2v) is 10.6. The van der Waals surface area contributed by atoms with E-state index < -0.39 is 11.7 Å². The van der Waals surface area contributed by atoms with Crippen molar-refractivity contribution in [2.45, 2.75) is 19.7 Å². The van der Waals surface area contributed by atoms with Gasteiger partial charge in [0.1, 0.15) is 18.1 Å². The zero-order valence-corrected chi connectivity index (χ0v) is 23.7. The van der Waals surface area contributed by atoms with Gasteiger partial charge in [0.25, 0.3) is 0 Å². The number of fused-ring (bicyclic) bond motifs is 1. The fourth-order valence-electron chi connectivity index (χ4n) is 4.69. The van der Waals surface area contributed by atoms with E-state index in [1.165, 1.54) is 4.68 Å². The van der Waals surface area contributed by atoms with Gasteiger partial charge in [-0.05, 0) is 61.5 Å². The van der Waals surface area contributed by atoms with Crippen molar-refractivity contribution in [3.63, 3.8) is 0 Å². The molecular formula is C33H22Cl2F3N3O. The first-order valence-electron chi connectivity index (χ1n) is 13.0. The van der Waals surface area contributed by atoms with Gasteiger partial charge in [0, 0.05) is 26.7 Å². The molecule has 0 aliphatic carbocycles. The lowest BCUT2D eigenvalue weighted by atomic mass is 10.0. The molecule has 0 saturated heterocycles. The van der Waals surface area contributed by atoms with Crippen LogP contribution in [-0.2, 0) is 12.8 Å². The Balaban J connectivity index is 1.48. The Labute approximate surface area is 249 Å². The summed E-state index contributed by atoms with van der Waals surface area (Å²) in [5.74, 6) is 0.543. The van der Waals surface area contributed by atoms with Crippen LogP contribution in [0.15, 0.2) is 103 Å². The van der Waals surface area contributed by atoms with Gasteiger partial charge in [-0.2, -0.15) is 18.3 Å². The quantitative estimate of drug-likeness (QED) is 0.190. The molecule has 0 aliphatic rings. The summed E-state index contributed by atoms with van der Waals surface area (Å²) in [6, 6.07) is 29.1. The van der Waals surface area contributed by atoms with Crippen LogP contribution in [0.4, 0.5) is 13.2 Å². The fourth-order valence-corrected chi connectivity index (χ4v) is 5.06. The van der Waals surface area contributed by atoms with Crippen LogP contribution in [0, 0.1) is 6.92 Å². The molecule has 9 heteroatoms. The summed E-state index contributed by atoms with van der Waals surface area (Å²) in [4.78, 5) is 4.72. The maximum atomic E-state index is 14.7. The Morgan fingerprint density at radius 1 is 0.810 bits per heavy atom. The Bertz CT molecular complexity index is 1900. The predicted molar refractivity (Wildman–Crippen MR) is 160 cm³/mol.